The minimum Gasteiger partial charge on any atom is -0.505 e. The molecule has 0 amide bonds. The molecule has 1 aliphatic rings. The Kier molecular flexibility index (Phi) is 4.30. The summed E-state index contributed by atoms with van der Waals surface area (Å²) in [6, 6.07) is 2.32. The number of carbonyl (C=O) groups excluding carboxylic acids is 1. The van der Waals surface area contributed by atoms with Gasteiger partial charge in [-0.2, -0.15) is 0 Å². The summed E-state index contributed by atoms with van der Waals surface area (Å²) < 4.78 is 15.3. The molecule has 1 aromatic carbocycles. The Morgan fingerprint density at radius 2 is 1.92 bits per heavy atom. The quantitative estimate of drug-likeness (QED) is 0.899. The summed E-state index contributed by atoms with van der Waals surface area (Å²) in [6.07, 6.45) is 4.41. The SMILES string of the molecule is Cc1c(CC(=O)O)c2cc(O)c(F)cc2n1C(=O)C1CCCCC1. The van der Waals surface area contributed by atoms with Gasteiger partial charge in [-0.05, 0) is 31.4 Å². The van der Waals surface area contributed by atoms with Crippen LogP contribution in [-0.4, -0.2) is 26.7 Å². The second-order valence-electron chi connectivity index (χ2n) is 6.46. The summed E-state index contributed by atoms with van der Waals surface area (Å²) in [5, 5.41) is 19.2. The van der Waals surface area contributed by atoms with Crippen LogP contribution in [0, 0.1) is 18.7 Å². The van der Waals surface area contributed by atoms with Gasteiger partial charge in [0.2, 0.25) is 5.91 Å². The van der Waals surface area contributed by atoms with Crippen molar-refractivity contribution in [3.63, 3.8) is 0 Å². The molecular weight excluding hydrogens is 313 g/mol. The maximum absolute atomic E-state index is 13.8. The number of nitrogens with zero attached hydrogens (tertiary/aromatic N) is 1. The van der Waals surface area contributed by atoms with Gasteiger partial charge in [-0.15, -0.1) is 0 Å². The Labute approximate surface area is 138 Å². The zero-order chi connectivity index (χ0) is 17.4. The zero-order valence-corrected chi connectivity index (χ0v) is 13.5. The summed E-state index contributed by atoms with van der Waals surface area (Å²) in [4.78, 5) is 24.1. The van der Waals surface area contributed by atoms with E-state index in [2.05, 4.69) is 0 Å². The first-order chi connectivity index (χ1) is 11.4. The third-order valence-electron chi connectivity index (χ3n) is 4.91. The van der Waals surface area contributed by atoms with Crippen molar-refractivity contribution in [2.75, 3.05) is 0 Å². The van der Waals surface area contributed by atoms with Crippen LogP contribution in [0.3, 0.4) is 0 Å². The fourth-order valence-corrected chi connectivity index (χ4v) is 3.68. The van der Waals surface area contributed by atoms with Gasteiger partial charge in [0, 0.05) is 23.1 Å². The summed E-state index contributed by atoms with van der Waals surface area (Å²) >= 11 is 0. The number of aromatic nitrogens is 1. The van der Waals surface area contributed by atoms with Crippen LogP contribution in [0.5, 0.6) is 5.75 Å². The number of hydrogen-bond donors (Lipinski definition) is 2. The monoisotopic (exact) mass is 333 g/mol. The highest BCUT2D eigenvalue weighted by Crippen LogP contribution is 2.34. The predicted molar refractivity (Wildman–Crippen MR) is 86.8 cm³/mol. The van der Waals surface area contributed by atoms with E-state index >= 15 is 0 Å². The first-order valence-electron chi connectivity index (χ1n) is 8.18. The third-order valence-corrected chi connectivity index (χ3v) is 4.91. The lowest BCUT2D eigenvalue weighted by Gasteiger charge is -2.21. The highest BCUT2D eigenvalue weighted by atomic mass is 19.1. The fraction of sp³-hybridized carbons (Fsp3) is 0.444. The summed E-state index contributed by atoms with van der Waals surface area (Å²) in [5.41, 5.74) is 1.28. The fourth-order valence-electron chi connectivity index (χ4n) is 3.68. The van der Waals surface area contributed by atoms with Crippen LogP contribution in [-0.2, 0) is 11.2 Å². The number of aliphatic carboxylic acids is 1. The first-order valence-corrected chi connectivity index (χ1v) is 8.18. The van der Waals surface area contributed by atoms with Crippen molar-refractivity contribution in [2.45, 2.75) is 45.4 Å². The molecule has 1 saturated carbocycles. The van der Waals surface area contributed by atoms with Gasteiger partial charge in [0.15, 0.2) is 11.6 Å². The number of benzene rings is 1. The largest absolute Gasteiger partial charge is 0.505 e. The van der Waals surface area contributed by atoms with Crippen LogP contribution in [0.15, 0.2) is 12.1 Å². The number of fused-ring (bicyclic) bond motifs is 1. The molecule has 2 N–H and O–H groups in total. The van der Waals surface area contributed by atoms with Crippen LogP contribution in [0.25, 0.3) is 10.9 Å². The van der Waals surface area contributed by atoms with Crippen LogP contribution in [0.4, 0.5) is 4.39 Å². The lowest BCUT2D eigenvalue weighted by molar-refractivity contribution is -0.136. The van der Waals surface area contributed by atoms with E-state index in [1.165, 1.54) is 10.6 Å². The van der Waals surface area contributed by atoms with Crippen LogP contribution in [0.2, 0.25) is 0 Å². The maximum atomic E-state index is 13.8. The molecule has 1 fully saturated rings. The van der Waals surface area contributed by atoms with E-state index in [0.717, 1.165) is 38.2 Å². The topological polar surface area (TPSA) is 79.5 Å². The Balaban J connectivity index is 2.18. The standard InChI is InChI=1S/C18H20FNO4/c1-10-12(8-17(22)23)13-7-16(21)14(19)9-15(13)20(10)18(24)11-5-3-2-4-6-11/h7,9,11,21H,2-6,8H2,1H3,(H,22,23). The molecule has 1 aliphatic carbocycles. The van der Waals surface area contributed by atoms with Gasteiger partial charge in [0.05, 0.1) is 11.9 Å². The number of carboxylic acid groups (broad SMARTS) is 1. The molecule has 2 aromatic rings. The van der Waals surface area contributed by atoms with Crippen molar-refractivity contribution in [3.05, 3.63) is 29.2 Å². The van der Waals surface area contributed by atoms with Crippen molar-refractivity contribution in [3.8, 4) is 5.75 Å². The van der Waals surface area contributed by atoms with Gasteiger partial charge < -0.3 is 10.2 Å². The predicted octanol–water partition coefficient (Wildman–Crippen LogP) is 3.64. The number of halogens is 1. The van der Waals surface area contributed by atoms with E-state index in [0.29, 0.717) is 22.2 Å². The second-order valence-corrected chi connectivity index (χ2v) is 6.46. The molecule has 0 spiro atoms. The molecule has 0 atom stereocenters. The number of carboxylic acids is 1. The third kappa shape index (κ3) is 2.77. The van der Waals surface area contributed by atoms with Crippen molar-refractivity contribution >= 4 is 22.8 Å². The minimum absolute atomic E-state index is 0.112. The van der Waals surface area contributed by atoms with Gasteiger partial charge in [0.25, 0.3) is 0 Å². The second kappa shape index (κ2) is 6.26. The molecule has 0 radical (unpaired) electrons. The molecule has 0 aliphatic heterocycles. The van der Waals surface area contributed by atoms with Crippen molar-refractivity contribution < 1.29 is 24.2 Å². The summed E-state index contributed by atoms with van der Waals surface area (Å²) in [5.74, 6) is -2.64. The van der Waals surface area contributed by atoms with Crippen molar-refractivity contribution in [1.82, 2.24) is 4.57 Å². The number of phenols is 1. The average Bonchev–Trinajstić information content (AvgIpc) is 2.80. The molecule has 6 heteroatoms. The van der Waals surface area contributed by atoms with Gasteiger partial charge in [0.1, 0.15) is 0 Å². The van der Waals surface area contributed by atoms with E-state index in [4.69, 9.17) is 5.11 Å². The van der Waals surface area contributed by atoms with Gasteiger partial charge in [-0.25, -0.2) is 4.39 Å². The first kappa shape index (κ1) is 16.5. The Morgan fingerprint density at radius 1 is 1.25 bits per heavy atom. The summed E-state index contributed by atoms with van der Waals surface area (Å²) in [7, 11) is 0. The molecule has 5 nitrogen and oxygen atoms in total. The molecule has 0 unspecified atom stereocenters. The van der Waals surface area contributed by atoms with E-state index < -0.39 is 17.5 Å². The molecule has 1 aromatic heterocycles. The van der Waals surface area contributed by atoms with E-state index in [1.54, 1.807) is 6.92 Å². The van der Waals surface area contributed by atoms with Crippen LogP contribution in [0.1, 0.15) is 48.2 Å². The molecule has 1 heterocycles. The molecule has 3 rings (SSSR count). The minimum atomic E-state index is -1.04. The summed E-state index contributed by atoms with van der Waals surface area (Å²) in [6.45, 7) is 1.67. The van der Waals surface area contributed by atoms with E-state index in [-0.39, 0.29) is 18.2 Å². The molecule has 0 bridgehead atoms. The number of carbonyl (C=O) groups is 2. The molecular formula is C18H20FNO4. The number of phenolic OH excluding ortho intramolecular Hbond substituents is 1. The Hall–Kier alpha value is -2.37. The van der Waals surface area contributed by atoms with E-state index in [9.17, 15) is 19.1 Å². The smallest absolute Gasteiger partial charge is 0.307 e. The highest BCUT2D eigenvalue weighted by molar-refractivity contribution is 5.98. The Bertz CT molecular complexity index is 818. The molecule has 24 heavy (non-hydrogen) atoms. The van der Waals surface area contributed by atoms with Crippen LogP contribution >= 0.6 is 0 Å². The normalized spacial score (nSPS) is 15.8. The number of aromatic hydroxyl groups is 1. The van der Waals surface area contributed by atoms with E-state index in [1.807, 2.05) is 0 Å². The molecule has 128 valence electrons. The van der Waals surface area contributed by atoms with Gasteiger partial charge in [-0.3, -0.25) is 14.2 Å². The highest BCUT2D eigenvalue weighted by Gasteiger charge is 2.28. The Morgan fingerprint density at radius 3 is 2.54 bits per heavy atom. The van der Waals surface area contributed by atoms with Crippen molar-refractivity contribution in [2.24, 2.45) is 5.92 Å². The number of hydrogen-bond acceptors (Lipinski definition) is 3. The zero-order valence-electron chi connectivity index (χ0n) is 13.5. The average molecular weight is 333 g/mol. The molecule has 0 saturated heterocycles. The van der Waals surface area contributed by atoms with Gasteiger partial charge >= 0.3 is 5.97 Å². The van der Waals surface area contributed by atoms with Crippen LogP contribution < -0.4 is 0 Å². The number of rotatable bonds is 3. The lowest BCUT2D eigenvalue weighted by atomic mass is 9.88. The van der Waals surface area contributed by atoms with Crippen molar-refractivity contribution in [1.29, 1.82) is 0 Å². The van der Waals surface area contributed by atoms with Gasteiger partial charge in [-0.1, -0.05) is 19.3 Å². The maximum Gasteiger partial charge on any atom is 0.307 e. The lowest BCUT2D eigenvalue weighted by Crippen LogP contribution is -2.24.